The van der Waals surface area contributed by atoms with E-state index in [1.807, 2.05) is 6.92 Å². The molecule has 2 heterocycles. The average Bonchev–Trinajstić information content (AvgIpc) is 2.99. The van der Waals surface area contributed by atoms with Gasteiger partial charge in [0.1, 0.15) is 5.76 Å². The molecule has 20 heavy (non-hydrogen) atoms. The van der Waals surface area contributed by atoms with Gasteiger partial charge in [-0.2, -0.15) is 0 Å². The summed E-state index contributed by atoms with van der Waals surface area (Å²) in [4.78, 5) is 2.63. The molecule has 1 aromatic heterocycles. The summed E-state index contributed by atoms with van der Waals surface area (Å²) in [6, 6.07) is 2.67. The Bertz CT molecular complexity index is 448. The van der Waals surface area contributed by atoms with Crippen molar-refractivity contribution in [3.63, 3.8) is 0 Å². The van der Waals surface area contributed by atoms with Crippen LogP contribution in [0.1, 0.15) is 51.0 Å². The molecule has 1 aromatic rings. The first-order valence-corrected chi connectivity index (χ1v) is 7.99. The maximum atomic E-state index is 5.23. The predicted molar refractivity (Wildman–Crippen MR) is 79.5 cm³/mol. The normalized spacial score (nSPS) is 26.7. The van der Waals surface area contributed by atoms with Crippen molar-refractivity contribution in [3.8, 4) is 0 Å². The Balaban J connectivity index is 1.75. The van der Waals surface area contributed by atoms with Gasteiger partial charge in [0.15, 0.2) is 0 Å². The molecule has 112 valence electrons. The summed E-state index contributed by atoms with van der Waals surface area (Å²) in [7, 11) is 0. The van der Waals surface area contributed by atoms with Gasteiger partial charge in [0.2, 0.25) is 0 Å². The third-order valence-electron chi connectivity index (χ3n) is 5.03. The Hall–Kier alpha value is -0.870. The van der Waals surface area contributed by atoms with E-state index in [1.165, 1.54) is 25.7 Å². The maximum absolute atomic E-state index is 5.23. The second kappa shape index (κ2) is 5.49. The van der Waals surface area contributed by atoms with Crippen molar-refractivity contribution < 1.29 is 4.52 Å². The molecule has 1 saturated heterocycles. The van der Waals surface area contributed by atoms with E-state index >= 15 is 0 Å². The van der Waals surface area contributed by atoms with Crippen LogP contribution in [0.2, 0.25) is 0 Å². The highest BCUT2D eigenvalue weighted by atomic mass is 16.5. The minimum Gasteiger partial charge on any atom is -0.361 e. The highest BCUT2D eigenvalue weighted by Gasteiger charge is 2.41. The van der Waals surface area contributed by atoms with Crippen LogP contribution >= 0.6 is 0 Å². The lowest BCUT2D eigenvalue weighted by Crippen LogP contribution is -2.64. The average molecular weight is 277 g/mol. The van der Waals surface area contributed by atoms with Crippen molar-refractivity contribution in [2.45, 2.75) is 64.6 Å². The molecule has 2 aliphatic rings. The minimum atomic E-state index is 0.365. The lowest BCUT2D eigenvalue weighted by molar-refractivity contribution is 0.0490. The number of rotatable bonds is 3. The highest BCUT2D eigenvalue weighted by Crippen LogP contribution is 2.34. The third-order valence-corrected chi connectivity index (χ3v) is 5.03. The van der Waals surface area contributed by atoms with Crippen LogP contribution in [0.3, 0.4) is 0 Å². The van der Waals surface area contributed by atoms with E-state index in [0.29, 0.717) is 17.5 Å². The summed E-state index contributed by atoms with van der Waals surface area (Å²) in [6.07, 6.45) is 5.39. The molecule has 0 amide bonds. The number of nitrogens with one attached hydrogen (secondary N) is 1. The van der Waals surface area contributed by atoms with Crippen LogP contribution in [-0.4, -0.2) is 34.7 Å². The predicted octanol–water partition coefficient (Wildman–Crippen LogP) is 2.73. The van der Waals surface area contributed by atoms with E-state index in [4.69, 9.17) is 4.52 Å². The molecule has 4 heteroatoms. The zero-order valence-electron chi connectivity index (χ0n) is 13.0. The lowest BCUT2D eigenvalue weighted by atomic mass is 9.89. The Labute approximate surface area is 121 Å². The minimum absolute atomic E-state index is 0.365. The zero-order valence-corrected chi connectivity index (χ0v) is 13.0. The Morgan fingerprint density at radius 3 is 2.80 bits per heavy atom. The van der Waals surface area contributed by atoms with E-state index in [2.05, 4.69) is 35.3 Å². The van der Waals surface area contributed by atoms with Gasteiger partial charge in [-0.15, -0.1) is 0 Å². The molecule has 0 bridgehead atoms. The molecule has 1 atom stereocenters. The van der Waals surface area contributed by atoms with E-state index in [9.17, 15) is 0 Å². The van der Waals surface area contributed by atoms with Crippen molar-refractivity contribution in [1.82, 2.24) is 15.4 Å². The van der Waals surface area contributed by atoms with Gasteiger partial charge < -0.3 is 9.84 Å². The summed E-state index contributed by atoms with van der Waals surface area (Å²) in [5.74, 6) is 1.57. The summed E-state index contributed by atoms with van der Waals surface area (Å²) in [5, 5.41) is 8.04. The quantitative estimate of drug-likeness (QED) is 0.922. The standard InChI is InChI=1S/C16H27N3O/c1-12(2)15-9-17-16(6-4-5-7-16)11-19(15)10-14-8-13(3)20-18-14/h8,12,15,17H,4-7,9-11H2,1-3H3. The van der Waals surface area contributed by atoms with Crippen LogP contribution in [0.5, 0.6) is 0 Å². The van der Waals surface area contributed by atoms with E-state index in [1.54, 1.807) is 0 Å². The van der Waals surface area contributed by atoms with Gasteiger partial charge in [0.25, 0.3) is 0 Å². The summed E-state index contributed by atoms with van der Waals surface area (Å²) < 4.78 is 5.23. The van der Waals surface area contributed by atoms with Crippen molar-refractivity contribution in [2.75, 3.05) is 13.1 Å². The fraction of sp³-hybridized carbons (Fsp3) is 0.812. The van der Waals surface area contributed by atoms with Gasteiger partial charge in [-0.3, -0.25) is 4.90 Å². The molecule has 1 spiro atoms. The Morgan fingerprint density at radius 1 is 1.45 bits per heavy atom. The van der Waals surface area contributed by atoms with Crippen LogP contribution < -0.4 is 5.32 Å². The van der Waals surface area contributed by atoms with Crippen LogP contribution in [0.4, 0.5) is 0 Å². The fourth-order valence-corrected chi connectivity index (χ4v) is 3.93. The molecule has 1 aliphatic heterocycles. The highest BCUT2D eigenvalue weighted by molar-refractivity contribution is 5.07. The summed E-state index contributed by atoms with van der Waals surface area (Å²) >= 11 is 0. The third kappa shape index (κ3) is 2.77. The molecule has 3 rings (SSSR count). The van der Waals surface area contributed by atoms with E-state index in [0.717, 1.165) is 31.1 Å². The lowest BCUT2D eigenvalue weighted by Gasteiger charge is -2.47. The molecule has 4 nitrogen and oxygen atoms in total. The van der Waals surface area contributed by atoms with Gasteiger partial charge in [0.05, 0.1) is 5.69 Å². The molecule has 0 aromatic carbocycles. The van der Waals surface area contributed by atoms with Gasteiger partial charge in [0, 0.05) is 37.3 Å². The SMILES string of the molecule is Cc1cc(CN2CC3(CCCC3)NCC2C(C)C)no1. The smallest absolute Gasteiger partial charge is 0.133 e. The number of hydrogen-bond acceptors (Lipinski definition) is 4. The Kier molecular flexibility index (Phi) is 3.87. The summed E-state index contributed by atoms with van der Waals surface area (Å²) in [5.41, 5.74) is 1.44. The zero-order chi connectivity index (χ0) is 14.2. The molecule has 1 aliphatic carbocycles. The number of hydrogen-bond donors (Lipinski definition) is 1. The van der Waals surface area contributed by atoms with Crippen LogP contribution in [0, 0.1) is 12.8 Å². The fourth-order valence-electron chi connectivity index (χ4n) is 3.93. The molecular formula is C16H27N3O. The number of aromatic nitrogens is 1. The largest absolute Gasteiger partial charge is 0.361 e. The number of aryl methyl sites for hydroxylation is 1. The van der Waals surface area contributed by atoms with Crippen molar-refractivity contribution >= 4 is 0 Å². The van der Waals surface area contributed by atoms with Crippen molar-refractivity contribution in [3.05, 3.63) is 17.5 Å². The van der Waals surface area contributed by atoms with Gasteiger partial charge >= 0.3 is 0 Å². The number of nitrogens with zero attached hydrogens (tertiary/aromatic N) is 2. The summed E-state index contributed by atoms with van der Waals surface area (Å²) in [6.45, 7) is 9.78. The first kappa shape index (κ1) is 14.1. The molecule has 2 fully saturated rings. The van der Waals surface area contributed by atoms with Gasteiger partial charge in [-0.1, -0.05) is 31.8 Å². The van der Waals surface area contributed by atoms with Crippen molar-refractivity contribution in [1.29, 1.82) is 0 Å². The van der Waals surface area contributed by atoms with Crippen LogP contribution in [-0.2, 0) is 6.54 Å². The molecule has 0 radical (unpaired) electrons. The molecule has 1 N–H and O–H groups in total. The van der Waals surface area contributed by atoms with E-state index in [-0.39, 0.29) is 0 Å². The number of piperazine rings is 1. The molecule has 1 saturated carbocycles. The Morgan fingerprint density at radius 2 is 2.20 bits per heavy atom. The van der Waals surface area contributed by atoms with E-state index < -0.39 is 0 Å². The van der Waals surface area contributed by atoms with Crippen molar-refractivity contribution in [2.24, 2.45) is 5.92 Å². The molecular weight excluding hydrogens is 250 g/mol. The monoisotopic (exact) mass is 277 g/mol. The van der Waals surface area contributed by atoms with Gasteiger partial charge in [-0.25, -0.2) is 0 Å². The van der Waals surface area contributed by atoms with Crippen LogP contribution in [0.25, 0.3) is 0 Å². The van der Waals surface area contributed by atoms with Gasteiger partial charge in [-0.05, 0) is 25.7 Å². The topological polar surface area (TPSA) is 41.3 Å². The molecule has 1 unspecified atom stereocenters. The second-order valence-corrected chi connectivity index (χ2v) is 7.01. The first-order valence-electron chi connectivity index (χ1n) is 7.99. The first-order chi connectivity index (χ1) is 9.58. The van der Waals surface area contributed by atoms with Crippen LogP contribution in [0.15, 0.2) is 10.6 Å². The maximum Gasteiger partial charge on any atom is 0.133 e. The second-order valence-electron chi connectivity index (χ2n) is 7.01.